The normalized spacial score (nSPS) is 33.1. The van der Waals surface area contributed by atoms with E-state index in [2.05, 4.69) is 5.32 Å². The van der Waals surface area contributed by atoms with Crippen LogP contribution in [0.5, 0.6) is 0 Å². The monoisotopic (exact) mass is 261 g/mol. The van der Waals surface area contributed by atoms with Gasteiger partial charge in [-0.25, -0.2) is 0 Å². The highest BCUT2D eigenvalue weighted by molar-refractivity contribution is 6.76. The number of nitrogens with one attached hydrogen (secondary N) is 1. The molecule has 3 atom stereocenters. The maximum atomic E-state index is 11.2. The van der Waals surface area contributed by atoms with Crippen molar-refractivity contribution in [3.63, 3.8) is 0 Å². The molecule has 0 aromatic carbocycles. The number of hydrogen-bond acceptors (Lipinski definition) is 3. The zero-order valence-electron chi connectivity index (χ0n) is 7.08. The standard InChI is InChI=1S/C7H10Cl3NO3/c8-7(9,10)6(14)11-3-1-2-4(12)5(3)13/h3-5,12-13H,1-2H2,(H,11,14)/t3-,4-,5+/m1/s1. The van der Waals surface area contributed by atoms with Crippen molar-refractivity contribution in [3.05, 3.63) is 0 Å². The Labute approximate surface area is 96.1 Å². The first-order valence-electron chi connectivity index (χ1n) is 4.06. The number of rotatable bonds is 1. The van der Waals surface area contributed by atoms with Gasteiger partial charge >= 0.3 is 0 Å². The van der Waals surface area contributed by atoms with Crippen molar-refractivity contribution in [2.75, 3.05) is 0 Å². The molecule has 0 heterocycles. The van der Waals surface area contributed by atoms with Gasteiger partial charge in [0.15, 0.2) is 0 Å². The molecule has 3 N–H and O–H groups in total. The van der Waals surface area contributed by atoms with Crippen LogP contribution in [-0.2, 0) is 4.79 Å². The first-order chi connectivity index (χ1) is 6.32. The van der Waals surface area contributed by atoms with Crippen LogP contribution in [0.15, 0.2) is 0 Å². The quantitative estimate of drug-likeness (QED) is 0.598. The van der Waals surface area contributed by atoms with Gasteiger partial charge in [0.25, 0.3) is 9.70 Å². The minimum absolute atomic E-state index is 0.423. The third-order valence-corrected chi connectivity index (χ3v) is 2.67. The lowest BCUT2D eigenvalue weighted by Crippen LogP contribution is -2.47. The Balaban J connectivity index is 2.50. The molecule has 0 saturated heterocycles. The van der Waals surface area contributed by atoms with Crippen molar-refractivity contribution < 1.29 is 15.0 Å². The minimum Gasteiger partial charge on any atom is -0.390 e. The van der Waals surface area contributed by atoms with Gasteiger partial charge in [0.1, 0.15) is 0 Å². The van der Waals surface area contributed by atoms with Crippen molar-refractivity contribution in [3.8, 4) is 0 Å². The number of halogens is 3. The van der Waals surface area contributed by atoms with Crippen LogP contribution < -0.4 is 5.32 Å². The van der Waals surface area contributed by atoms with Crippen molar-refractivity contribution in [1.82, 2.24) is 5.32 Å². The van der Waals surface area contributed by atoms with E-state index in [0.717, 1.165) is 0 Å². The number of aliphatic hydroxyl groups excluding tert-OH is 2. The molecule has 1 rings (SSSR count). The maximum absolute atomic E-state index is 11.2. The summed E-state index contributed by atoms with van der Waals surface area (Å²) in [6.45, 7) is 0. The summed E-state index contributed by atoms with van der Waals surface area (Å²) in [7, 11) is 0. The molecule has 0 aromatic heterocycles. The predicted molar refractivity (Wildman–Crippen MR) is 53.5 cm³/mol. The number of carbonyl (C=O) groups excluding carboxylic acids is 1. The van der Waals surface area contributed by atoms with Gasteiger partial charge in [0.05, 0.1) is 18.2 Å². The fraction of sp³-hybridized carbons (Fsp3) is 0.857. The highest BCUT2D eigenvalue weighted by Gasteiger charge is 2.38. The molecule has 0 bridgehead atoms. The van der Waals surface area contributed by atoms with E-state index >= 15 is 0 Å². The average molecular weight is 263 g/mol. The van der Waals surface area contributed by atoms with E-state index in [4.69, 9.17) is 34.8 Å². The summed E-state index contributed by atoms with van der Waals surface area (Å²) >= 11 is 16.0. The summed E-state index contributed by atoms with van der Waals surface area (Å²) in [4.78, 5) is 11.2. The van der Waals surface area contributed by atoms with Gasteiger partial charge in [0.2, 0.25) is 0 Å². The van der Waals surface area contributed by atoms with Gasteiger partial charge in [-0.3, -0.25) is 4.79 Å². The predicted octanol–water partition coefficient (Wildman–Crippen LogP) is 0.357. The van der Waals surface area contributed by atoms with Gasteiger partial charge in [0, 0.05) is 0 Å². The third kappa shape index (κ3) is 2.87. The lowest BCUT2D eigenvalue weighted by Gasteiger charge is -2.20. The highest BCUT2D eigenvalue weighted by Crippen LogP contribution is 2.27. The molecule has 0 aromatic rings. The van der Waals surface area contributed by atoms with Crippen LogP contribution in [0.4, 0.5) is 0 Å². The summed E-state index contributed by atoms with van der Waals surface area (Å²) in [5.74, 6) is -0.791. The lowest BCUT2D eigenvalue weighted by atomic mass is 10.2. The van der Waals surface area contributed by atoms with E-state index < -0.39 is 27.9 Å². The second-order valence-corrected chi connectivity index (χ2v) is 5.49. The van der Waals surface area contributed by atoms with E-state index in [1.807, 2.05) is 0 Å². The van der Waals surface area contributed by atoms with Crippen molar-refractivity contribution in [1.29, 1.82) is 0 Å². The van der Waals surface area contributed by atoms with E-state index in [1.54, 1.807) is 0 Å². The molecule has 1 aliphatic rings. The van der Waals surface area contributed by atoms with Gasteiger partial charge < -0.3 is 15.5 Å². The van der Waals surface area contributed by atoms with Gasteiger partial charge in [-0.15, -0.1) is 0 Å². The van der Waals surface area contributed by atoms with Crippen LogP contribution in [0.1, 0.15) is 12.8 Å². The number of alkyl halides is 3. The molecule has 1 amide bonds. The molecular weight excluding hydrogens is 252 g/mol. The topological polar surface area (TPSA) is 69.6 Å². The van der Waals surface area contributed by atoms with Crippen molar-refractivity contribution >= 4 is 40.7 Å². The smallest absolute Gasteiger partial charge is 0.272 e. The summed E-state index contributed by atoms with van der Waals surface area (Å²) in [5.41, 5.74) is 0. The van der Waals surface area contributed by atoms with Crippen LogP contribution in [0.2, 0.25) is 0 Å². The molecule has 0 aliphatic heterocycles. The maximum Gasteiger partial charge on any atom is 0.272 e. The number of hydrogen-bond donors (Lipinski definition) is 3. The second kappa shape index (κ2) is 4.41. The number of aliphatic hydroxyl groups is 2. The molecule has 82 valence electrons. The van der Waals surface area contributed by atoms with Crippen molar-refractivity contribution in [2.24, 2.45) is 0 Å². The first kappa shape index (κ1) is 12.3. The molecule has 0 unspecified atom stereocenters. The van der Waals surface area contributed by atoms with E-state index in [9.17, 15) is 15.0 Å². The molecule has 0 spiro atoms. The summed E-state index contributed by atoms with van der Waals surface area (Å²) in [6, 6.07) is -0.548. The molecule has 1 saturated carbocycles. The molecule has 14 heavy (non-hydrogen) atoms. The molecule has 7 heteroatoms. The Morgan fingerprint density at radius 2 is 1.86 bits per heavy atom. The van der Waals surface area contributed by atoms with Crippen LogP contribution in [0.25, 0.3) is 0 Å². The van der Waals surface area contributed by atoms with E-state index in [1.165, 1.54) is 0 Å². The van der Waals surface area contributed by atoms with Crippen LogP contribution in [-0.4, -0.2) is 38.2 Å². The van der Waals surface area contributed by atoms with E-state index in [0.29, 0.717) is 12.8 Å². The highest BCUT2D eigenvalue weighted by atomic mass is 35.6. The zero-order chi connectivity index (χ0) is 10.9. The Hall–Kier alpha value is 0.260. The number of carbonyl (C=O) groups is 1. The fourth-order valence-corrected chi connectivity index (χ4v) is 1.53. The summed E-state index contributed by atoms with van der Waals surface area (Å²) in [5, 5.41) is 20.9. The fourth-order valence-electron chi connectivity index (χ4n) is 1.37. The average Bonchev–Trinajstić information content (AvgIpc) is 2.34. The van der Waals surface area contributed by atoms with Gasteiger partial charge in [-0.2, -0.15) is 0 Å². The lowest BCUT2D eigenvalue weighted by molar-refractivity contribution is -0.121. The number of amides is 1. The van der Waals surface area contributed by atoms with Crippen LogP contribution >= 0.6 is 34.8 Å². The Bertz CT molecular complexity index is 231. The Kier molecular flexibility index (Phi) is 3.88. The molecule has 1 fully saturated rings. The van der Waals surface area contributed by atoms with Gasteiger partial charge in [-0.05, 0) is 12.8 Å². The molecular formula is C7H10Cl3NO3. The SMILES string of the molecule is O=C(N[C@@H]1CC[C@@H](O)[C@H]1O)C(Cl)(Cl)Cl. The largest absolute Gasteiger partial charge is 0.390 e. The zero-order valence-corrected chi connectivity index (χ0v) is 9.35. The Morgan fingerprint density at radius 3 is 2.21 bits per heavy atom. The van der Waals surface area contributed by atoms with Crippen LogP contribution in [0.3, 0.4) is 0 Å². The molecule has 1 aliphatic carbocycles. The van der Waals surface area contributed by atoms with Crippen molar-refractivity contribution in [2.45, 2.75) is 34.9 Å². The Morgan fingerprint density at radius 1 is 1.29 bits per heavy atom. The van der Waals surface area contributed by atoms with Gasteiger partial charge in [-0.1, -0.05) is 34.8 Å². The molecule has 4 nitrogen and oxygen atoms in total. The second-order valence-electron chi connectivity index (χ2n) is 3.21. The molecule has 0 radical (unpaired) electrons. The third-order valence-electron chi connectivity index (χ3n) is 2.15. The minimum atomic E-state index is -2.03. The van der Waals surface area contributed by atoms with Crippen LogP contribution in [0, 0.1) is 0 Å². The summed E-state index contributed by atoms with van der Waals surface area (Å²) in [6.07, 6.45) is -0.928. The first-order valence-corrected chi connectivity index (χ1v) is 5.19. The van der Waals surface area contributed by atoms with E-state index in [-0.39, 0.29) is 0 Å². The summed E-state index contributed by atoms with van der Waals surface area (Å²) < 4.78 is -2.03.